The van der Waals surface area contributed by atoms with Gasteiger partial charge in [0.05, 0.1) is 12.3 Å². The number of hydrogen-bond donors (Lipinski definition) is 3. The van der Waals surface area contributed by atoms with E-state index in [9.17, 15) is 10.2 Å². The lowest BCUT2D eigenvalue weighted by Gasteiger charge is -2.14. The van der Waals surface area contributed by atoms with E-state index < -0.39 is 0 Å². The number of hydrogen-bond acceptors (Lipinski definition) is 4. The zero-order chi connectivity index (χ0) is 14.7. The van der Waals surface area contributed by atoms with E-state index >= 15 is 0 Å². The first-order valence-corrected chi connectivity index (χ1v) is 6.61. The summed E-state index contributed by atoms with van der Waals surface area (Å²) in [7, 11) is 0. The summed E-state index contributed by atoms with van der Waals surface area (Å²) < 4.78 is 0. The summed E-state index contributed by atoms with van der Waals surface area (Å²) in [4.78, 5) is 4.06. The molecule has 4 nitrogen and oxygen atoms in total. The Labute approximate surface area is 119 Å². The molecule has 4 heteroatoms. The molecule has 0 fully saturated rings. The predicted molar refractivity (Wildman–Crippen MR) is 79.8 cm³/mol. The largest absolute Gasteiger partial charge is 0.506 e. The minimum atomic E-state index is -0.134. The summed E-state index contributed by atoms with van der Waals surface area (Å²) >= 11 is 0. The summed E-state index contributed by atoms with van der Waals surface area (Å²) in [5.41, 5.74) is 5.26. The van der Waals surface area contributed by atoms with Gasteiger partial charge < -0.3 is 15.5 Å². The number of aliphatic hydroxyl groups is 1. The number of aromatic hydroxyl groups is 1. The van der Waals surface area contributed by atoms with Crippen LogP contribution in [0.3, 0.4) is 0 Å². The molecular formula is C16H20N2O2. The maximum Gasteiger partial charge on any atom is 0.142 e. The minimum absolute atomic E-state index is 0.134. The molecule has 0 saturated heterocycles. The van der Waals surface area contributed by atoms with Gasteiger partial charge in [0.2, 0.25) is 0 Å². The van der Waals surface area contributed by atoms with E-state index in [0.29, 0.717) is 23.4 Å². The number of nitrogens with zero attached hydrogens (tertiary/aromatic N) is 1. The van der Waals surface area contributed by atoms with Crippen molar-refractivity contribution >= 4 is 5.69 Å². The molecule has 0 radical (unpaired) electrons. The molecule has 0 atom stereocenters. The number of aliphatic hydroxyl groups excluding tert-OH is 1. The lowest BCUT2D eigenvalue weighted by molar-refractivity contribution is 0.279. The standard InChI is InChI=1S/C16H20N2O2/c1-10-4-5-11(2)15(6-10)18-8-14-13(9-19)7-17-12(3)16(14)20/h4-7,18-20H,8-9H2,1-3H3. The highest BCUT2D eigenvalue weighted by molar-refractivity contribution is 5.54. The second kappa shape index (κ2) is 5.92. The fourth-order valence-electron chi connectivity index (χ4n) is 2.13. The Bertz CT molecular complexity index is 624. The molecule has 0 amide bonds. The fraction of sp³-hybridized carbons (Fsp3) is 0.312. The third-order valence-electron chi connectivity index (χ3n) is 3.45. The second-order valence-corrected chi connectivity index (χ2v) is 5.03. The van der Waals surface area contributed by atoms with Gasteiger partial charge in [-0.25, -0.2) is 0 Å². The zero-order valence-electron chi connectivity index (χ0n) is 12.1. The predicted octanol–water partition coefficient (Wildman–Crippen LogP) is 2.82. The third-order valence-corrected chi connectivity index (χ3v) is 3.45. The third kappa shape index (κ3) is 2.91. The molecule has 20 heavy (non-hydrogen) atoms. The van der Waals surface area contributed by atoms with Crippen molar-refractivity contribution in [2.24, 2.45) is 0 Å². The van der Waals surface area contributed by atoms with E-state index in [-0.39, 0.29) is 12.4 Å². The molecule has 0 unspecified atom stereocenters. The van der Waals surface area contributed by atoms with Crippen molar-refractivity contribution < 1.29 is 10.2 Å². The van der Waals surface area contributed by atoms with Crippen LogP contribution in [0.2, 0.25) is 0 Å². The first-order valence-electron chi connectivity index (χ1n) is 6.61. The Morgan fingerprint density at radius 1 is 1.20 bits per heavy atom. The lowest BCUT2D eigenvalue weighted by Crippen LogP contribution is -2.06. The quantitative estimate of drug-likeness (QED) is 0.800. The Morgan fingerprint density at radius 3 is 2.65 bits per heavy atom. The molecule has 2 rings (SSSR count). The van der Waals surface area contributed by atoms with Crippen LogP contribution in [0.1, 0.15) is 27.9 Å². The van der Waals surface area contributed by atoms with Crippen molar-refractivity contribution in [1.82, 2.24) is 4.98 Å². The summed E-state index contributed by atoms with van der Waals surface area (Å²) in [6.45, 7) is 6.14. The summed E-state index contributed by atoms with van der Waals surface area (Å²) in [5.74, 6) is 0.148. The number of aryl methyl sites for hydroxylation is 3. The maximum absolute atomic E-state index is 10.1. The van der Waals surface area contributed by atoms with Gasteiger partial charge in [0.1, 0.15) is 5.75 Å². The molecule has 0 aliphatic heterocycles. The van der Waals surface area contributed by atoms with Crippen LogP contribution in [-0.4, -0.2) is 15.2 Å². The molecule has 0 saturated carbocycles. The fourth-order valence-corrected chi connectivity index (χ4v) is 2.13. The van der Waals surface area contributed by atoms with Crippen molar-refractivity contribution in [3.8, 4) is 5.75 Å². The van der Waals surface area contributed by atoms with Gasteiger partial charge in [-0.3, -0.25) is 4.98 Å². The molecule has 0 bridgehead atoms. The van der Waals surface area contributed by atoms with Gasteiger partial charge in [0.15, 0.2) is 0 Å². The van der Waals surface area contributed by atoms with Crippen molar-refractivity contribution in [1.29, 1.82) is 0 Å². The summed E-state index contributed by atoms with van der Waals surface area (Å²) in [6, 6.07) is 6.19. The van der Waals surface area contributed by atoms with Gasteiger partial charge >= 0.3 is 0 Å². The Hall–Kier alpha value is -2.07. The van der Waals surface area contributed by atoms with Gasteiger partial charge in [0, 0.05) is 29.6 Å². The minimum Gasteiger partial charge on any atom is -0.506 e. The first kappa shape index (κ1) is 14.3. The SMILES string of the molecule is Cc1ccc(C)c(NCc2c(CO)cnc(C)c2O)c1. The highest BCUT2D eigenvalue weighted by Gasteiger charge is 2.11. The average molecular weight is 272 g/mol. The Morgan fingerprint density at radius 2 is 1.95 bits per heavy atom. The van der Waals surface area contributed by atoms with Gasteiger partial charge in [-0.2, -0.15) is 0 Å². The van der Waals surface area contributed by atoms with Crippen LogP contribution in [0.25, 0.3) is 0 Å². The van der Waals surface area contributed by atoms with Gasteiger partial charge in [-0.1, -0.05) is 12.1 Å². The van der Waals surface area contributed by atoms with Crippen LogP contribution in [0.15, 0.2) is 24.4 Å². The molecule has 3 N–H and O–H groups in total. The molecular weight excluding hydrogens is 252 g/mol. The van der Waals surface area contributed by atoms with Crippen LogP contribution < -0.4 is 5.32 Å². The second-order valence-electron chi connectivity index (χ2n) is 5.03. The molecule has 1 aromatic heterocycles. The van der Waals surface area contributed by atoms with E-state index in [1.807, 2.05) is 13.8 Å². The van der Waals surface area contributed by atoms with Crippen molar-refractivity contribution in [2.75, 3.05) is 5.32 Å². The van der Waals surface area contributed by atoms with E-state index in [0.717, 1.165) is 11.3 Å². The molecule has 0 aliphatic carbocycles. The molecule has 106 valence electrons. The smallest absolute Gasteiger partial charge is 0.142 e. The van der Waals surface area contributed by atoms with Gasteiger partial charge in [0.25, 0.3) is 0 Å². The first-order chi connectivity index (χ1) is 9.52. The van der Waals surface area contributed by atoms with Gasteiger partial charge in [-0.15, -0.1) is 0 Å². The van der Waals surface area contributed by atoms with Crippen molar-refractivity contribution in [2.45, 2.75) is 33.9 Å². The van der Waals surface area contributed by atoms with Crippen LogP contribution in [0, 0.1) is 20.8 Å². The molecule has 0 spiro atoms. The van der Waals surface area contributed by atoms with Crippen molar-refractivity contribution in [3.63, 3.8) is 0 Å². The average Bonchev–Trinajstić information content (AvgIpc) is 2.44. The maximum atomic E-state index is 10.1. The molecule has 1 heterocycles. The van der Waals surface area contributed by atoms with E-state index in [4.69, 9.17) is 0 Å². The topological polar surface area (TPSA) is 65.4 Å². The van der Waals surface area contributed by atoms with E-state index in [1.54, 1.807) is 13.1 Å². The van der Waals surface area contributed by atoms with Crippen LogP contribution in [-0.2, 0) is 13.2 Å². The molecule has 1 aromatic carbocycles. The number of nitrogens with one attached hydrogen (secondary N) is 1. The molecule has 0 aliphatic rings. The van der Waals surface area contributed by atoms with E-state index in [1.165, 1.54) is 5.56 Å². The number of benzene rings is 1. The molecule has 2 aromatic rings. The number of rotatable bonds is 4. The van der Waals surface area contributed by atoms with Crippen LogP contribution in [0.5, 0.6) is 5.75 Å². The van der Waals surface area contributed by atoms with Crippen LogP contribution >= 0.6 is 0 Å². The Balaban J connectivity index is 2.27. The van der Waals surface area contributed by atoms with E-state index in [2.05, 4.69) is 28.5 Å². The lowest BCUT2D eigenvalue weighted by atomic mass is 10.1. The van der Waals surface area contributed by atoms with Crippen LogP contribution in [0.4, 0.5) is 5.69 Å². The van der Waals surface area contributed by atoms with Gasteiger partial charge in [-0.05, 0) is 38.0 Å². The Kier molecular flexibility index (Phi) is 4.25. The highest BCUT2D eigenvalue weighted by atomic mass is 16.3. The summed E-state index contributed by atoms with van der Waals surface area (Å²) in [5, 5.41) is 22.8. The highest BCUT2D eigenvalue weighted by Crippen LogP contribution is 2.26. The monoisotopic (exact) mass is 272 g/mol. The summed E-state index contributed by atoms with van der Waals surface area (Å²) in [6.07, 6.45) is 1.61. The zero-order valence-corrected chi connectivity index (χ0v) is 12.1. The number of anilines is 1. The normalized spacial score (nSPS) is 10.6. The van der Waals surface area contributed by atoms with Crippen molar-refractivity contribution in [3.05, 3.63) is 52.3 Å². The number of aromatic nitrogens is 1. The number of pyridine rings is 1.